The molecule has 2 aromatic carbocycles. The number of hydrogen-bond acceptors (Lipinski definition) is 6. The van der Waals surface area contributed by atoms with Gasteiger partial charge in [-0.05, 0) is 52.4 Å². The molecule has 0 bridgehead atoms. The van der Waals surface area contributed by atoms with E-state index in [1.165, 1.54) is 11.3 Å². The SMILES string of the molecule is COc1ccc(Cc2nnc(NC(=O)c3ccccc3I)s2)cc1OC. The van der Waals surface area contributed by atoms with Gasteiger partial charge in [-0.25, -0.2) is 0 Å². The molecule has 0 atom stereocenters. The summed E-state index contributed by atoms with van der Waals surface area (Å²) in [7, 11) is 3.20. The van der Waals surface area contributed by atoms with E-state index in [0.717, 1.165) is 14.1 Å². The first-order valence-corrected chi connectivity index (χ1v) is 9.59. The summed E-state index contributed by atoms with van der Waals surface area (Å²) in [5.74, 6) is 1.16. The van der Waals surface area contributed by atoms with E-state index in [4.69, 9.17) is 9.47 Å². The molecule has 0 spiro atoms. The second-order valence-electron chi connectivity index (χ2n) is 5.30. The minimum atomic E-state index is -0.191. The second kappa shape index (κ2) is 8.45. The van der Waals surface area contributed by atoms with E-state index in [9.17, 15) is 4.79 Å². The number of nitrogens with one attached hydrogen (secondary N) is 1. The van der Waals surface area contributed by atoms with E-state index in [1.54, 1.807) is 20.3 Å². The summed E-state index contributed by atoms with van der Waals surface area (Å²) in [6.07, 6.45) is 0.594. The van der Waals surface area contributed by atoms with Gasteiger partial charge < -0.3 is 9.47 Å². The van der Waals surface area contributed by atoms with Crippen LogP contribution < -0.4 is 14.8 Å². The number of carbonyl (C=O) groups is 1. The molecule has 1 heterocycles. The number of anilines is 1. The highest BCUT2D eigenvalue weighted by molar-refractivity contribution is 14.1. The van der Waals surface area contributed by atoms with Gasteiger partial charge >= 0.3 is 0 Å². The van der Waals surface area contributed by atoms with Gasteiger partial charge in [0.1, 0.15) is 5.01 Å². The molecule has 3 rings (SSSR count). The molecule has 8 heteroatoms. The molecular formula is C18H16IN3O3S. The molecule has 0 saturated heterocycles. The molecule has 0 aliphatic carbocycles. The number of amides is 1. The number of nitrogens with zero attached hydrogens (tertiary/aromatic N) is 2. The van der Waals surface area contributed by atoms with Crippen LogP contribution in [0.5, 0.6) is 11.5 Å². The standard InChI is InChI=1S/C18H16IN3O3S/c1-24-14-8-7-11(9-15(14)25-2)10-16-21-22-18(26-16)20-17(23)12-5-3-4-6-13(12)19/h3-9H,10H2,1-2H3,(H,20,22,23). The topological polar surface area (TPSA) is 73.3 Å². The Morgan fingerprint density at radius 1 is 1.12 bits per heavy atom. The van der Waals surface area contributed by atoms with Gasteiger partial charge in [-0.15, -0.1) is 10.2 Å². The molecule has 0 unspecified atom stereocenters. The fourth-order valence-corrected chi connectivity index (χ4v) is 3.75. The number of rotatable bonds is 6. The highest BCUT2D eigenvalue weighted by Gasteiger charge is 2.13. The fourth-order valence-electron chi connectivity index (χ4n) is 2.35. The highest BCUT2D eigenvalue weighted by Crippen LogP contribution is 2.29. The molecule has 1 N–H and O–H groups in total. The summed E-state index contributed by atoms with van der Waals surface area (Å²) in [4.78, 5) is 12.3. The van der Waals surface area contributed by atoms with E-state index < -0.39 is 0 Å². The zero-order valence-electron chi connectivity index (χ0n) is 14.2. The lowest BCUT2D eigenvalue weighted by atomic mass is 10.1. The highest BCUT2D eigenvalue weighted by atomic mass is 127. The Balaban J connectivity index is 1.70. The van der Waals surface area contributed by atoms with Crippen molar-refractivity contribution in [2.45, 2.75) is 6.42 Å². The van der Waals surface area contributed by atoms with Crippen LogP contribution in [0.3, 0.4) is 0 Å². The predicted octanol–water partition coefficient (Wildman–Crippen LogP) is 4.00. The molecule has 0 aliphatic rings. The normalized spacial score (nSPS) is 10.4. The third-order valence-electron chi connectivity index (χ3n) is 3.61. The fraction of sp³-hybridized carbons (Fsp3) is 0.167. The first-order chi connectivity index (χ1) is 12.6. The van der Waals surface area contributed by atoms with Gasteiger partial charge in [-0.2, -0.15) is 0 Å². The molecule has 1 aromatic heterocycles. The third kappa shape index (κ3) is 4.31. The molecule has 0 fully saturated rings. The van der Waals surface area contributed by atoms with Gasteiger partial charge in [0.05, 0.1) is 19.8 Å². The number of halogens is 1. The number of carbonyl (C=O) groups excluding carboxylic acids is 1. The number of hydrogen-bond donors (Lipinski definition) is 1. The van der Waals surface area contributed by atoms with Crippen LogP contribution in [0, 0.1) is 3.57 Å². The van der Waals surface area contributed by atoms with Crippen molar-refractivity contribution < 1.29 is 14.3 Å². The molecule has 26 heavy (non-hydrogen) atoms. The maximum atomic E-state index is 12.3. The van der Waals surface area contributed by atoms with Gasteiger partial charge in [0, 0.05) is 9.99 Å². The number of methoxy groups -OCH3 is 2. The molecule has 1 amide bonds. The number of benzene rings is 2. The number of aromatic nitrogens is 2. The average molecular weight is 481 g/mol. The van der Waals surface area contributed by atoms with Crippen molar-refractivity contribution in [3.63, 3.8) is 0 Å². The van der Waals surface area contributed by atoms with Crippen LogP contribution in [0.2, 0.25) is 0 Å². The van der Waals surface area contributed by atoms with Gasteiger partial charge in [0.25, 0.3) is 5.91 Å². The zero-order valence-corrected chi connectivity index (χ0v) is 17.1. The smallest absolute Gasteiger partial charge is 0.258 e. The largest absolute Gasteiger partial charge is 0.493 e. The van der Waals surface area contributed by atoms with Crippen molar-refractivity contribution >= 4 is 45.0 Å². The summed E-state index contributed by atoms with van der Waals surface area (Å²) in [5.41, 5.74) is 1.64. The van der Waals surface area contributed by atoms with Crippen molar-refractivity contribution in [2.24, 2.45) is 0 Å². The zero-order chi connectivity index (χ0) is 18.5. The average Bonchev–Trinajstić information content (AvgIpc) is 3.08. The van der Waals surface area contributed by atoms with Crippen molar-refractivity contribution in [2.75, 3.05) is 19.5 Å². The Hall–Kier alpha value is -2.20. The predicted molar refractivity (Wildman–Crippen MR) is 109 cm³/mol. The van der Waals surface area contributed by atoms with Crippen LogP contribution in [-0.2, 0) is 6.42 Å². The van der Waals surface area contributed by atoms with Crippen molar-refractivity contribution in [3.8, 4) is 11.5 Å². The Kier molecular flexibility index (Phi) is 6.04. The second-order valence-corrected chi connectivity index (χ2v) is 7.53. The molecule has 3 aromatic rings. The Morgan fingerprint density at radius 2 is 1.88 bits per heavy atom. The Labute approximate surface area is 168 Å². The van der Waals surface area contributed by atoms with Gasteiger partial charge in [0.15, 0.2) is 11.5 Å². The van der Waals surface area contributed by atoms with Crippen LogP contribution in [0.1, 0.15) is 20.9 Å². The summed E-state index contributed by atoms with van der Waals surface area (Å²) >= 11 is 3.49. The number of ether oxygens (including phenoxy) is 2. The van der Waals surface area contributed by atoms with Gasteiger partial charge in [0.2, 0.25) is 5.13 Å². The summed E-state index contributed by atoms with van der Waals surface area (Å²) in [6.45, 7) is 0. The van der Waals surface area contributed by atoms with Crippen LogP contribution in [0.4, 0.5) is 5.13 Å². The van der Waals surface area contributed by atoms with Crippen molar-refractivity contribution in [3.05, 3.63) is 62.2 Å². The maximum absolute atomic E-state index is 12.3. The van der Waals surface area contributed by atoms with E-state index in [1.807, 2.05) is 36.4 Å². The third-order valence-corrected chi connectivity index (χ3v) is 5.39. The van der Waals surface area contributed by atoms with Crippen molar-refractivity contribution in [1.29, 1.82) is 0 Å². The first-order valence-electron chi connectivity index (χ1n) is 7.70. The molecular weight excluding hydrogens is 465 g/mol. The first kappa shape index (κ1) is 18.6. The Bertz CT molecular complexity index is 930. The quantitative estimate of drug-likeness (QED) is 0.539. The molecule has 0 radical (unpaired) electrons. The van der Waals surface area contributed by atoms with Crippen LogP contribution in [0.15, 0.2) is 42.5 Å². The van der Waals surface area contributed by atoms with Crippen molar-refractivity contribution in [1.82, 2.24) is 10.2 Å². The molecule has 6 nitrogen and oxygen atoms in total. The molecule has 0 saturated carbocycles. The summed E-state index contributed by atoms with van der Waals surface area (Å²) in [6, 6.07) is 13.1. The molecule has 134 valence electrons. The van der Waals surface area contributed by atoms with Crippen LogP contribution in [-0.4, -0.2) is 30.3 Å². The van der Waals surface area contributed by atoms with Crippen LogP contribution >= 0.6 is 33.9 Å². The molecule has 0 aliphatic heterocycles. The monoisotopic (exact) mass is 481 g/mol. The lowest BCUT2D eigenvalue weighted by Crippen LogP contribution is -2.13. The minimum Gasteiger partial charge on any atom is -0.493 e. The summed E-state index contributed by atoms with van der Waals surface area (Å²) in [5, 5.41) is 12.3. The van der Waals surface area contributed by atoms with E-state index in [0.29, 0.717) is 28.6 Å². The summed E-state index contributed by atoms with van der Waals surface area (Å²) < 4.78 is 11.4. The van der Waals surface area contributed by atoms with Gasteiger partial charge in [-0.3, -0.25) is 10.1 Å². The lowest BCUT2D eigenvalue weighted by molar-refractivity contribution is 0.102. The lowest BCUT2D eigenvalue weighted by Gasteiger charge is -2.08. The van der Waals surface area contributed by atoms with E-state index >= 15 is 0 Å². The van der Waals surface area contributed by atoms with E-state index in [2.05, 4.69) is 38.1 Å². The van der Waals surface area contributed by atoms with Crippen LogP contribution in [0.25, 0.3) is 0 Å². The van der Waals surface area contributed by atoms with Gasteiger partial charge in [-0.1, -0.05) is 29.5 Å². The van der Waals surface area contributed by atoms with E-state index in [-0.39, 0.29) is 5.91 Å². The Morgan fingerprint density at radius 3 is 2.62 bits per heavy atom. The minimum absolute atomic E-state index is 0.191. The maximum Gasteiger partial charge on any atom is 0.258 e.